The zero-order valence-electron chi connectivity index (χ0n) is 15.2. The second-order valence-electron chi connectivity index (χ2n) is 7.83. The Morgan fingerprint density at radius 3 is 2.23 bits per heavy atom. The first-order valence-corrected chi connectivity index (χ1v) is 9.08. The second kappa shape index (κ2) is 6.17. The van der Waals surface area contributed by atoms with Crippen LogP contribution in [-0.2, 0) is 12.8 Å². The Morgan fingerprint density at radius 1 is 0.962 bits per heavy atom. The predicted molar refractivity (Wildman–Crippen MR) is 105 cm³/mol. The van der Waals surface area contributed by atoms with Crippen LogP contribution in [0.4, 0.5) is 0 Å². The summed E-state index contributed by atoms with van der Waals surface area (Å²) in [5, 5.41) is 11.0. The molecule has 26 heavy (non-hydrogen) atoms. The van der Waals surface area contributed by atoms with Crippen molar-refractivity contribution < 1.29 is 5.11 Å². The molecule has 132 valence electrons. The minimum absolute atomic E-state index is 0.108. The van der Waals surface area contributed by atoms with Crippen molar-refractivity contribution in [2.75, 3.05) is 0 Å². The van der Waals surface area contributed by atoms with E-state index in [1.807, 2.05) is 60.7 Å². The van der Waals surface area contributed by atoms with Crippen LogP contribution in [0.3, 0.4) is 0 Å². The number of pyridine rings is 1. The molecule has 0 amide bonds. The van der Waals surface area contributed by atoms with Gasteiger partial charge in [-0.05, 0) is 42.4 Å². The third-order valence-electron chi connectivity index (χ3n) is 5.33. The maximum absolute atomic E-state index is 13.5. The van der Waals surface area contributed by atoms with E-state index in [1.165, 1.54) is 0 Å². The van der Waals surface area contributed by atoms with Gasteiger partial charge in [0.05, 0.1) is 5.56 Å². The van der Waals surface area contributed by atoms with E-state index in [1.54, 1.807) is 4.57 Å². The Morgan fingerprint density at radius 2 is 1.58 bits per heavy atom. The van der Waals surface area contributed by atoms with Crippen LogP contribution in [0, 0.1) is 5.41 Å². The largest absolute Gasteiger partial charge is 0.507 e. The van der Waals surface area contributed by atoms with E-state index >= 15 is 0 Å². The number of aromatic hydroxyl groups is 1. The van der Waals surface area contributed by atoms with Crippen molar-refractivity contribution in [3.05, 3.63) is 82.3 Å². The van der Waals surface area contributed by atoms with Gasteiger partial charge in [-0.25, -0.2) is 0 Å². The number of nitrogens with zero attached hydrogens (tertiary/aromatic N) is 1. The number of hydrogen-bond acceptors (Lipinski definition) is 2. The van der Waals surface area contributed by atoms with Crippen molar-refractivity contribution in [2.24, 2.45) is 5.41 Å². The SMILES string of the molecule is CC1(C)CCc2c(O)c(-c3ccccc3)c(=O)n(-c3ccccc3)c2C1. The maximum Gasteiger partial charge on any atom is 0.266 e. The highest BCUT2D eigenvalue weighted by molar-refractivity contribution is 5.72. The highest BCUT2D eigenvalue weighted by Crippen LogP contribution is 2.41. The molecule has 0 bridgehead atoms. The molecule has 0 spiro atoms. The molecular formula is C23H23NO2. The number of para-hydroxylation sites is 1. The molecule has 0 radical (unpaired) electrons. The van der Waals surface area contributed by atoms with E-state index in [2.05, 4.69) is 13.8 Å². The van der Waals surface area contributed by atoms with Crippen LogP contribution in [0.2, 0.25) is 0 Å². The highest BCUT2D eigenvalue weighted by atomic mass is 16.3. The Kier molecular flexibility index (Phi) is 3.95. The summed E-state index contributed by atoms with van der Waals surface area (Å²) in [6.07, 6.45) is 2.55. The molecule has 0 saturated carbocycles. The molecule has 0 unspecified atom stereocenters. The predicted octanol–water partition coefficient (Wildman–Crippen LogP) is 4.73. The minimum Gasteiger partial charge on any atom is -0.507 e. The van der Waals surface area contributed by atoms with Gasteiger partial charge in [0, 0.05) is 16.9 Å². The number of hydrogen-bond donors (Lipinski definition) is 1. The number of benzene rings is 2. The van der Waals surface area contributed by atoms with E-state index in [-0.39, 0.29) is 16.7 Å². The monoisotopic (exact) mass is 345 g/mol. The molecular weight excluding hydrogens is 322 g/mol. The topological polar surface area (TPSA) is 42.2 Å². The molecule has 1 N–H and O–H groups in total. The van der Waals surface area contributed by atoms with Gasteiger partial charge in [-0.1, -0.05) is 62.4 Å². The zero-order valence-corrected chi connectivity index (χ0v) is 15.2. The first kappa shape index (κ1) is 16.6. The maximum atomic E-state index is 13.5. The Balaban J connectivity index is 2.08. The van der Waals surface area contributed by atoms with Crippen LogP contribution in [0.1, 0.15) is 31.5 Å². The lowest BCUT2D eigenvalue weighted by Crippen LogP contribution is -2.32. The fourth-order valence-electron chi connectivity index (χ4n) is 3.93. The quantitative estimate of drug-likeness (QED) is 0.730. The molecule has 3 aromatic rings. The van der Waals surface area contributed by atoms with Gasteiger partial charge in [0.1, 0.15) is 5.75 Å². The minimum atomic E-state index is -0.156. The third-order valence-corrected chi connectivity index (χ3v) is 5.33. The Labute approximate surface area is 153 Å². The molecule has 1 aromatic heterocycles. The van der Waals surface area contributed by atoms with E-state index in [0.29, 0.717) is 5.56 Å². The summed E-state index contributed by atoms with van der Waals surface area (Å²) in [5.41, 5.74) is 3.80. The number of aromatic nitrogens is 1. The molecule has 4 rings (SSSR count). The van der Waals surface area contributed by atoms with Crippen LogP contribution in [0.5, 0.6) is 5.75 Å². The van der Waals surface area contributed by atoms with E-state index < -0.39 is 0 Å². The highest BCUT2D eigenvalue weighted by Gasteiger charge is 2.32. The Hall–Kier alpha value is -2.81. The van der Waals surface area contributed by atoms with Gasteiger partial charge in [0.25, 0.3) is 5.56 Å². The van der Waals surface area contributed by atoms with Crippen LogP contribution in [0.25, 0.3) is 16.8 Å². The van der Waals surface area contributed by atoms with Gasteiger partial charge in [-0.3, -0.25) is 9.36 Å². The lowest BCUT2D eigenvalue weighted by Gasteiger charge is -2.34. The van der Waals surface area contributed by atoms with Gasteiger partial charge in [0.15, 0.2) is 0 Å². The van der Waals surface area contributed by atoms with Crippen molar-refractivity contribution in [1.29, 1.82) is 0 Å². The van der Waals surface area contributed by atoms with Gasteiger partial charge in [-0.15, -0.1) is 0 Å². The van der Waals surface area contributed by atoms with Gasteiger partial charge < -0.3 is 5.11 Å². The molecule has 3 heteroatoms. The molecule has 0 aliphatic heterocycles. The summed E-state index contributed by atoms with van der Waals surface area (Å²) in [5.74, 6) is 0.152. The molecule has 0 atom stereocenters. The Bertz CT molecular complexity index is 1000. The molecule has 0 saturated heterocycles. The molecule has 3 nitrogen and oxygen atoms in total. The average Bonchev–Trinajstić information content (AvgIpc) is 2.63. The first-order valence-electron chi connectivity index (χ1n) is 9.08. The summed E-state index contributed by atoms with van der Waals surface area (Å²) >= 11 is 0. The van der Waals surface area contributed by atoms with Crippen LogP contribution in [0.15, 0.2) is 65.5 Å². The summed E-state index contributed by atoms with van der Waals surface area (Å²) in [6.45, 7) is 4.44. The lowest BCUT2D eigenvalue weighted by molar-refractivity contribution is 0.302. The average molecular weight is 345 g/mol. The molecule has 0 fully saturated rings. The van der Waals surface area contributed by atoms with Crippen molar-refractivity contribution in [3.8, 4) is 22.6 Å². The van der Waals surface area contributed by atoms with E-state index in [0.717, 1.165) is 41.8 Å². The standard InChI is InChI=1S/C23H23NO2/c1-23(2)14-13-18-19(15-23)24(17-11-7-4-8-12-17)22(26)20(21(18)25)16-9-5-3-6-10-16/h3-12,25H,13-15H2,1-2H3. The molecule has 2 aromatic carbocycles. The normalized spacial score (nSPS) is 15.5. The van der Waals surface area contributed by atoms with E-state index in [9.17, 15) is 9.90 Å². The summed E-state index contributed by atoms with van der Waals surface area (Å²) in [6, 6.07) is 19.2. The van der Waals surface area contributed by atoms with Crippen molar-refractivity contribution in [1.82, 2.24) is 4.57 Å². The van der Waals surface area contributed by atoms with Crippen LogP contribution < -0.4 is 5.56 Å². The van der Waals surface area contributed by atoms with Gasteiger partial charge in [0.2, 0.25) is 0 Å². The smallest absolute Gasteiger partial charge is 0.266 e. The van der Waals surface area contributed by atoms with Crippen molar-refractivity contribution in [3.63, 3.8) is 0 Å². The summed E-state index contributed by atoms with van der Waals surface area (Å²) in [4.78, 5) is 13.5. The summed E-state index contributed by atoms with van der Waals surface area (Å²) in [7, 11) is 0. The van der Waals surface area contributed by atoms with E-state index in [4.69, 9.17) is 0 Å². The van der Waals surface area contributed by atoms with Crippen molar-refractivity contribution in [2.45, 2.75) is 33.1 Å². The van der Waals surface area contributed by atoms with Gasteiger partial charge >= 0.3 is 0 Å². The molecule has 1 aliphatic rings. The fourth-order valence-corrected chi connectivity index (χ4v) is 3.93. The molecule has 1 aliphatic carbocycles. The van der Waals surface area contributed by atoms with Gasteiger partial charge in [-0.2, -0.15) is 0 Å². The fraction of sp³-hybridized carbons (Fsp3) is 0.261. The zero-order chi connectivity index (χ0) is 18.3. The number of rotatable bonds is 2. The third kappa shape index (κ3) is 2.74. The van der Waals surface area contributed by atoms with Crippen LogP contribution >= 0.6 is 0 Å². The van der Waals surface area contributed by atoms with Crippen molar-refractivity contribution >= 4 is 0 Å². The lowest BCUT2D eigenvalue weighted by atomic mass is 9.75. The first-order chi connectivity index (χ1) is 12.5. The molecule has 1 heterocycles. The second-order valence-corrected chi connectivity index (χ2v) is 7.83. The number of fused-ring (bicyclic) bond motifs is 1. The van der Waals surface area contributed by atoms with Crippen LogP contribution in [-0.4, -0.2) is 9.67 Å². The summed E-state index contributed by atoms with van der Waals surface area (Å²) < 4.78 is 1.80.